The van der Waals surface area contributed by atoms with Crippen molar-refractivity contribution >= 4 is 27.0 Å². The fraction of sp³-hybridized carbons (Fsp3) is 0.333. The molecule has 0 radical (unpaired) electrons. The number of aromatic nitrogens is 2. The summed E-state index contributed by atoms with van der Waals surface area (Å²) in [5, 5.41) is 5.77. The molecule has 136 valence electrons. The van der Waals surface area contributed by atoms with Gasteiger partial charge in [-0.15, -0.1) is 11.3 Å². The number of aryl methyl sites for hydroxylation is 1. The van der Waals surface area contributed by atoms with Crippen LogP contribution in [0.3, 0.4) is 0 Å². The summed E-state index contributed by atoms with van der Waals surface area (Å²) in [6, 6.07) is 8.80. The third kappa shape index (κ3) is 3.52. The number of anilines is 1. The number of sulfonamides is 1. The van der Waals surface area contributed by atoms with Crippen molar-refractivity contribution in [3.63, 3.8) is 0 Å². The summed E-state index contributed by atoms with van der Waals surface area (Å²) in [7, 11) is -3.64. The van der Waals surface area contributed by atoms with E-state index in [0.717, 1.165) is 29.7 Å². The van der Waals surface area contributed by atoms with Gasteiger partial charge in [-0.2, -0.15) is 4.98 Å². The van der Waals surface area contributed by atoms with Crippen molar-refractivity contribution in [2.75, 3.05) is 4.72 Å². The molecule has 0 unspecified atom stereocenters. The number of benzene rings is 1. The van der Waals surface area contributed by atoms with Crippen molar-refractivity contribution in [1.29, 1.82) is 0 Å². The van der Waals surface area contributed by atoms with Gasteiger partial charge in [-0.25, -0.2) is 8.42 Å². The topological polar surface area (TPSA) is 85.1 Å². The maximum absolute atomic E-state index is 12.6. The molecule has 1 aliphatic rings. The molecule has 6 nitrogen and oxygen atoms in total. The molecule has 1 saturated carbocycles. The van der Waals surface area contributed by atoms with Gasteiger partial charge in [0, 0.05) is 22.5 Å². The molecule has 0 spiro atoms. The van der Waals surface area contributed by atoms with Gasteiger partial charge in [-0.05, 0) is 38.0 Å². The molecule has 0 bridgehead atoms. The Balaban J connectivity index is 1.54. The second-order valence-corrected chi connectivity index (χ2v) is 9.38. The number of rotatable bonds is 5. The summed E-state index contributed by atoms with van der Waals surface area (Å²) in [4.78, 5) is 4.47. The number of thiophene rings is 1. The van der Waals surface area contributed by atoms with E-state index in [4.69, 9.17) is 4.52 Å². The van der Waals surface area contributed by atoms with E-state index in [2.05, 4.69) is 14.9 Å². The molecule has 4 rings (SSSR count). The largest absolute Gasteiger partial charge is 0.339 e. The molecule has 0 saturated heterocycles. The zero-order valence-electron chi connectivity index (χ0n) is 14.3. The van der Waals surface area contributed by atoms with Gasteiger partial charge in [0.2, 0.25) is 11.7 Å². The lowest BCUT2D eigenvalue weighted by molar-refractivity contribution is 0.354. The predicted octanol–water partition coefficient (Wildman–Crippen LogP) is 4.56. The van der Waals surface area contributed by atoms with Gasteiger partial charge >= 0.3 is 0 Å². The highest BCUT2D eigenvalue weighted by Gasteiger charge is 2.24. The fourth-order valence-electron chi connectivity index (χ4n) is 3.09. The molecule has 1 N–H and O–H groups in total. The second kappa shape index (κ2) is 6.85. The standard InChI is InChI=1S/C18H19N3O3S2/c1-12-6-8-15(9-7-12)21-26(22,23)16-10-14(11-25-16)17-19-18(24-20-17)13-4-2-3-5-13/h6-11,13,21H,2-5H2,1H3. The Morgan fingerprint density at radius 1 is 1.19 bits per heavy atom. The van der Waals surface area contributed by atoms with Crippen molar-refractivity contribution in [3.05, 3.63) is 47.2 Å². The molecule has 26 heavy (non-hydrogen) atoms. The molecule has 0 amide bonds. The van der Waals surface area contributed by atoms with Gasteiger partial charge in [-0.1, -0.05) is 35.7 Å². The van der Waals surface area contributed by atoms with E-state index in [-0.39, 0.29) is 4.21 Å². The Hall–Kier alpha value is -2.19. The zero-order valence-corrected chi connectivity index (χ0v) is 15.9. The van der Waals surface area contributed by atoms with Gasteiger partial charge in [0.05, 0.1) is 0 Å². The van der Waals surface area contributed by atoms with E-state index < -0.39 is 10.0 Å². The lowest BCUT2D eigenvalue weighted by Gasteiger charge is -2.06. The van der Waals surface area contributed by atoms with Crippen molar-refractivity contribution in [3.8, 4) is 11.4 Å². The summed E-state index contributed by atoms with van der Waals surface area (Å²) < 4.78 is 33.4. The van der Waals surface area contributed by atoms with Gasteiger partial charge in [0.15, 0.2) is 0 Å². The maximum Gasteiger partial charge on any atom is 0.271 e. The average Bonchev–Trinajstić information content (AvgIpc) is 3.36. The highest BCUT2D eigenvalue weighted by atomic mass is 32.2. The minimum absolute atomic E-state index is 0.222. The molecular formula is C18H19N3O3S2. The Morgan fingerprint density at radius 2 is 1.92 bits per heavy atom. The van der Waals surface area contributed by atoms with Crippen LogP contribution in [-0.2, 0) is 10.0 Å². The Morgan fingerprint density at radius 3 is 2.65 bits per heavy atom. The van der Waals surface area contributed by atoms with Gasteiger partial charge < -0.3 is 4.52 Å². The Labute approximate surface area is 156 Å². The maximum atomic E-state index is 12.6. The van der Waals surface area contributed by atoms with Crippen LogP contribution in [0.1, 0.15) is 43.1 Å². The quantitative estimate of drug-likeness (QED) is 0.691. The first kappa shape index (κ1) is 17.2. The van der Waals surface area contributed by atoms with Gasteiger partial charge in [0.1, 0.15) is 4.21 Å². The van der Waals surface area contributed by atoms with E-state index in [1.807, 2.05) is 19.1 Å². The summed E-state index contributed by atoms with van der Waals surface area (Å²) in [5.41, 5.74) is 2.27. The predicted molar refractivity (Wildman–Crippen MR) is 101 cm³/mol. The molecule has 0 aliphatic heterocycles. The number of nitrogens with zero attached hydrogens (tertiary/aromatic N) is 2. The molecular weight excluding hydrogens is 370 g/mol. The van der Waals surface area contributed by atoms with Crippen LogP contribution in [-0.4, -0.2) is 18.6 Å². The molecule has 3 aromatic rings. The average molecular weight is 390 g/mol. The number of hydrogen-bond acceptors (Lipinski definition) is 6. The normalized spacial score (nSPS) is 15.4. The van der Waals surface area contributed by atoms with Crippen LogP contribution in [0.4, 0.5) is 5.69 Å². The lowest BCUT2D eigenvalue weighted by Crippen LogP contribution is -2.11. The smallest absolute Gasteiger partial charge is 0.271 e. The van der Waals surface area contributed by atoms with Crippen LogP contribution in [0, 0.1) is 6.92 Å². The van der Waals surface area contributed by atoms with Gasteiger partial charge in [0.25, 0.3) is 10.0 Å². The first-order valence-electron chi connectivity index (χ1n) is 8.53. The first-order chi connectivity index (χ1) is 12.5. The van der Waals surface area contributed by atoms with Crippen molar-refractivity contribution in [1.82, 2.24) is 10.1 Å². The monoisotopic (exact) mass is 389 g/mol. The molecule has 2 aromatic heterocycles. The summed E-state index contributed by atoms with van der Waals surface area (Å²) in [5.74, 6) is 1.44. The Kier molecular flexibility index (Phi) is 4.54. The molecule has 2 heterocycles. The lowest BCUT2D eigenvalue weighted by atomic mass is 10.1. The minimum Gasteiger partial charge on any atom is -0.339 e. The van der Waals surface area contributed by atoms with E-state index >= 15 is 0 Å². The van der Waals surface area contributed by atoms with Crippen LogP contribution in [0.15, 0.2) is 44.4 Å². The zero-order chi connectivity index (χ0) is 18.1. The SMILES string of the molecule is Cc1ccc(NS(=O)(=O)c2cc(-c3noc(C4CCCC4)n3)cs2)cc1. The summed E-state index contributed by atoms with van der Waals surface area (Å²) in [6.07, 6.45) is 4.53. The molecule has 0 atom stereocenters. The summed E-state index contributed by atoms with van der Waals surface area (Å²) in [6.45, 7) is 1.95. The third-order valence-corrected chi connectivity index (χ3v) is 7.37. The van der Waals surface area contributed by atoms with Crippen LogP contribution in [0.25, 0.3) is 11.4 Å². The summed E-state index contributed by atoms with van der Waals surface area (Å²) >= 11 is 1.14. The third-order valence-electron chi connectivity index (χ3n) is 4.55. The van der Waals surface area contributed by atoms with E-state index in [1.165, 1.54) is 12.8 Å². The molecule has 1 aromatic carbocycles. The number of hydrogen-bond donors (Lipinski definition) is 1. The van der Waals surface area contributed by atoms with Crippen LogP contribution in [0.2, 0.25) is 0 Å². The molecule has 8 heteroatoms. The van der Waals surface area contributed by atoms with Gasteiger partial charge in [-0.3, -0.25) is 4.72 Å². The minimum atomic E-state index is -3.64. The van der Waals surface area contributed by atoms with Crippen molar-refractivity contribution in [2.24, 2.45) is 0 Å². The second-order valence-electron chi connectivity index (χ2n) is 6.56. The van der Waals surface area contributed by atoms with Crippen molar-refractivity contribution < 1.29 is 12.9 Å². The fourth-order valence-corrected chi connectivity index (χ4v) is 5.31. The Bertz CT molecular complexity index is 1000. The van der Waals surface area contributed by atoms with E-state index in [0.29, 0.717) is 28.9 Å². The first-order valence-corrected chi connectivity index (χ1v) is 10.9. The highest BCUT2D eigenvalue weighted by Crippen LogP contribution is 2.35. The van der Waals surface area contributed by atoms with Crippen LogP contribution in [0.5, 0.6) is 0 Å². The van der Waals surface area contributed by atoms with Crippen molar-refractivity contribution in [2.45, 2.75) is 42.7 Å². The molecule has 1 fully saturated rings. The van der Waals surface area contributed by atoms with Crippen LogP contribution >= 0.6 is 11.3 Å². The van der Waals surface area contributed by atoms with Crippen LogP contribution < -0.4 is 4.72 Å². The van der Waals surface area contributed by atoms with E-state index in [1.54, 1.807) is 23.6 Å². The number of nitrogens with one attached hydrogen (secondary N) is 1. The van der Waals surface area contributed by atoms with E-state index in [9.17, 15) is 8.42 Å². The molecule has 1 aliphatic carbocycles. The highest BCUT2D eigenvalue weighted by molar-refractivity contribution is 7.94.